The van der Waals surface area contributed by atoms with Crippen molar-refractivity contribution >= 4 is 39.5 Å². The van der Waals surface area contributed by atoms with E-state index in [0.717, 1.165) is 108 Å². The van der Waals surface area contributed by atoms with Crippen molar-refractivity contribution in [3.63, 3.8) is 0 Å². The molecule has 17 nitrogen and oxygen atoms in total. The van der Waals surface area contributed by atoms with Gasteiger partial charge in [-0.3, -0.25) is 37.3 Å². The van der Waals surface area contributed by atoms with Crippen LogP contribution >= 0.6 is 15.6 Å². The average molecular weight is 1480 g/mol. The van der Waals surface area contributed by atoms with Gasteiger partial charge in [-0.15, -0.1) is 0 Å². The van der Waals surface area contributed by atoms with E-state index < -0.39 is 97.5 Å². The fourth-order valence-electron chi connectivity index (χ4n) is 12.6. The summed E-state index contributed by atoms with van der Waals surface area (Å²) in [5.41, 5.74) is 0. The molecule has 0 aliphatic rings. The minimum absolute atomic E-state index is 0.107. The molecule has 7 atom stereocenters. The molecule has 101 heavy (non-hydrogen) atoms. The highest BCUT2D eigenvalue weighted by atomic mass is 31.2. The summed E-state index contributed by atoms with van der Waals surface area (Å²) in [5.74, 6) is -0.505. The number of carbonyl (C=O) groups excluding carboxylic acids is 4. The fraction of sp³-hybridized carbons (Fsp3) is 0.951. The van der Waals surface area contributed by atoms with E-state index in [2.05, 4.69) is 41.5 Å². The van der Waals surface area contributed by atoms with Crippen LogP contribution in [0.4, 0.5) is 0 Å². The van der Waals surface area contributed by atoms with E-state index in [-0.39, 0.29) is 25.7 Å². The number of esters is 4. The van der Waals surface area contributed by atoms with Crippen molar-refractivity contribution in [2.45, 2.75) is 452 Å². The van der Waals surface area contributed by atoms with Gasteiger partial charge >= 0.3 is 39.5 Å². The number of unbranched alkanes of at least 4 members (excludes halogenated alkanes) is 49. The second-order valence-corrected chi connectivity index (χ2v) is 32.9. The van der Waals surface area contributed by atoms with E-state index in [9.17, 15) is 43.2 Å². The highest BCUT2D eigenvalue weighted by molar-refractivity contribution is 7.47. The lowest BCUT2D eigenvalue weighted by molar-refractivity contribution is -0.161. The zero-order chi connectivity index (χ0) is 74.2. The van der Waals surface area contributed by atoms with Crippen LogP contribution < -0.4 is 0 Å². The molecule has 3 N–H and O–H groups in total. The molecule has 0 heterocycles. The van der Waals surface area contributed by atoms with Gasteiger partial charge in [0.1, 0.15) is 19.3 Å². The number of aliphatic hydroxyl groups excluding tert-OH is 1. The molecule has 0 aromatic carbocycles. The third kappa shape index (κ3) is 73.4. The molecule has 0 aliphatic heterocycles. The number of rotatable bonds is 81. The van der Waals surface area contributed by atoms with E-state index in [1.54, 1.807) is 0 Å². The van der Waals surface area contributed by atoms with Crippen LogP contribution in [0.25, 0.3) is 0 Å². The van der Waals surface area contributed by atoms with Gasteiger partial charge in [-0.25, -0.2) is 9.13 Å². The minimum atomic E-state index is -4.96. The Hall–Kier alpha value is -1.94. The number of aliphatic hydroxyl groups is 1. The first-order valence-corrected chi connectivity index (χ1v) is 45.6. The van der Waals surface area contributed by atoms with Crippen LogP contribution in [0.3, 0.4) is 0 Å². The number of hydrogen-bond acceptors (Lipinski definition) is 15. The third-order valence-electron chi connectivity index (χ3n) is 19.9. The Morgan fingerprint density at radius 2 is 0.475 bits per heavy atom. The van der Waals surface area contributed by atoms with Gasteiger partial charge in [-0.05, 0) is 37.5 Å². The first-order valence-electron chi connectivity index (χ1n) is 42.6. The molecule has 0 amide bonds. The van der Waals surface area contributed by atoms with Crippen molar-refractivity contribution in [3.05, 3.63) is 0 Å². The van der Waals surface area contributed by atoms with Gasteiger partial charge in [0.05, 0.1) is 26.4 Å². The predicted octanol–water partition coefficient (Wildman–Crippen LogP) is 24.7. The Balaban J connectivity index is 5.22. The molecule has 0 aliphatic carbocycles. The summed E-state index contributed by atoms with van der Waals surface area (Å²) in [5, 5.41) is 10.6. The summed E-state index contributed by atoms with van der Waals surface area (Å²) >= 11 is 0. The topological polar surface area (TPSA) is 237 Å². The van der Waals surface area contributed by atoms with Gasteiger partial charge < -0.3 is 33.8 Å². The van der Waals surface area contributed by atoms with Crippen LogP contribution in [-0.2, 0) is 65.4 Å². The number of phosphoric ester groups is 2. The number of hydrogen-bond donors (Lipinski definition) is 3. The molecule has 0 saturated heterocycles. The quantitative estimate of drug-likeness (QED) is 0.0222. The smallest absolute Gasteiger partial charge is 0.462 e. The lowest BCUT2D eigenvalue weighted by Gasteiger charge is -2.21. The van der Waals surface area contributed by atoms with E-state index in [4.69, 9.17) is 37.0 Å². The van der Waals surface area contributed by atoms with Crippen molar-refractivity contribution < 1.29 is 80.2 Å². The van der Waals surface area contributed by atoms with Crippen LogP contribution in [-0.4, -0.2) is 96.7 Å². The Morgan fingerprint density at radius 1 is 0.277 bits per heavy atom. The molecule has 4 unspecified atom stereocenters. The number of ether oxygens (including phenoxy) is 4. The highest BCUT2D eigenvalue weighted by Gasteiger charge is 2.30. The summed E-state index contributed by atoms with van der Waals surface area (Å²) in [7, 11) is -9.92. The van der Waals surface area contributed by atoms with Crippen molar-refractivity contribution in [2.24, 2.45) is 11.8 Å². The van der Waals surface area contributed by atoms with Crippen LogP contribution in [0.15, 0.2) is 0 Å². The molecule has 0 radical (unpaired) electrons. The van der Waals surface area contributed by atoms with Crippen LogP contribution in [0, 0.1) is 11.8 Å². The van der Waals surface area contributed by atoms with Gasteiger partial charge in [0, 0.05) is 25.7 Å². The SMILES string of the molecule is CCCCCCCCCCCCCCCCCC(=O)OC[C@H](COP(=O)(O)OC[C@@H](O)COP(=O)(O)OC[C@@H](COC(=O)CCCCCCCCC(C)CC)OC(=O)CCCCCCCCCCCCCCCC)OC(=O)CCCCCCCCCCCCCCCCCCCCC(C)CC. The predicted molar refractivity (Wildman–Crippen MR) is 414 cm³/mol. The van der Waals surface area contributed by atoms with E-state index >= 15 is 0 Å². The molecule has 0 aromatic rings. The molecule has 19 heteroatoms. The first kappa shape index (κ1) is 99.1. The van der Waals surface area contributed by atoms with Crippen LogP contribution in [0.5, 0.6) is 0 Å². The van der Waals surface area contributed by atoms with Crippen LogP contribution in [0.1, 0.15) is 433 Å². The van der Waals surface area contributed by atoms with Crippen molar-refractivity contribution in [2.75, 3.05) is 39.6 Å². The normalized spacial score (nSPS) is 14.4. The largest absolute Gasteiger partial charge is 0.472 e. The molecule has 0 spiro atoms. The Labute approximate surface area is 619 Å². The molecule has 600 valence electrons. The highest BCUT2D eigenvalue weighted by Crippen LogP contribution is 2.45. The van der Waals surface area contributed by atoms with Crippen LogP contribution in [0.2, 0.25) is 0 Å². The monoisotopic (exact) mass is 1480 g/mol. The van der Waals surface area contributed by atoms with Crippen molar-refractivity contribution in [1.29, 1.82) is 0 Å². The molecule has 0 rings (SSSR count). The molecular formula is C82H160O17P2. The summed E-state index contributed by atoms with van der Waals surface area (Å²) in [6.45, 7) is 9.67. The van der Waals surface area contributed by atoms with E-state index in [1.165, 1.54) is 244 Å². The Kier molecular flexibility index (Phi) is 72.2. The first-order chi connectivity index (χ1) is 48.9. The Bertz CT molecular complexity index is 1950. The number of carbonyl (C=O) groups is 4. The lowest BCUT2D eigenvalue weighted by atomic mass is 9.99. The van der Waals surface area contributed by atoms with Crippen molar-refractivity contribution in [1.82, 2.24) is 0 Å². The maximum atomic E-state index is 13.1. The summed E-state index contributed by atoms with van der Waals surface area (Å²) in [6.07, 6.45) is 63.8. The molecule has 0 fully saturated rings. The van der Waals surface area contributed by atoms with Gasteiger partial charge in [0.2, 0.25) is 0 Å². The van der Waals surface area contributed by atoms with Gasteiger partial charge in [-0.1, -0.05) is 382 Å². The summed E-state index contributed by atoms with van der Waals surface area (Å²) in [4.78, 5) is 73.0. The fourth-order valence-corrected chi connectivity index (χ4v) is 14.2. The average Bonchev–Trinajstić information content (AvgIpc) is 0.943. The maximum Gasteiger partial charge on any atom is 0.472 e. The van der Waals surface area contributed by atoms with Crippen molar-refractivity contribution in [3.8, 4) is 0 Å². The second-order valence-electron chi connectivity index (χ2n) is 30.0. The number of phosphoric acid groups is 2. The molecule has 0 bridgehead atoms. The van der Waals surface area contributed by atoms with E-state index in [1.807, 2.05) is 0 Å². The third-order valence-corrected chi connectivity index (χ3v) is 21.8. The standard InChI is InChI=1S/C82H160O17P2/c1-7-11-13-15-17-19-21-23-29-34-37-41-45-52-58-64-79(84)92-70-77(98-81(86)67-61-55-47-43-39-35-31-28-26-25-27-30-32-36-40-44-50-56-62-74(5)9-3)72-96-100(88,89)94-68-76(83)69-95-101(90,91)97-73-78(71-93-80(85)65-59-53-49-48-51-57-63-75(6)10-4)99-82(87)66-60-54-46-42-38-33-24-22-20-18-16-14-12-8-2/h74-78,83H,7-73H2,1-6H3,(H,88,89)(H,90,91)/t74?,75?,76-,77-,78-/m1/s1. The summed E-state index contributed by atoms with van der Waals surface area (Å²) in [6, 6.07) is 0. The lowest BCUT2D eigenvalue weighted by Crippen LogP contribution is -2.30. The van der Waals surface area contributed by atoms with Gasteiger partial charge in [0.15, 0.2) is 12.2 Å². The van der Waals surface area contributed by atoms with E-state index in [0.29, 0.717) is 25.7 Å². The van der Waals surface area contributed by atoms with Gasteiger partial charge in [0.25, 0.3) is 0 Å². The minimum Gasteiger partial charge on any atom is -0.462 e. The summed E-state index contributed by atoms with van der Waals surface area (Å²) < 4.78 is 68.7. The molecular weight excluding hydrogens is 1320 g/mol. The Morgan fingerprint density at radius 3 is 0.703 bits per heavy atom. The zero-order valence-electron chi connectivity index (χ0n) is 66.2. The van der Waals surface area contributed by atoms with Gasteiger partial charge in [-0.2, -0.15) is 0 Å². The second kappa shape index (κ2) is 73.6. The molecule has 0 aromatic heterocycles. The maximum absolute atomic E-state index is 13.1. The molecule has 0 saturated carbocycles. The zero-order valence-corrected chi connectivity index (χ0v) is 68.0.